The van der Waals surface area contributed by atoms with Crippen LogP contribution in [0, 0.1) is 0 Å². The topological polar surface area (TPSA) is 74.8 Å². The third kappa shape index (κ3) is 10.5. The van der Waals surface area contributed by atoms with Gasteiger partial charge in [-0.3, -0.25) is 0 Å². The molecular weight excluding hydrogens is 488 g/mol. The molecule has 1 aromatic rings. The van der Waals surface area contributed by atoms with Crippen molar-refractivity contribution < 1.29 is 41.9 Å². The Kier molecular flexibility index (Phi) is 15.7. The molecule has 1 fully saturated rings. The second-order valence-corrected chi connectivity index (χ2v) is 14.3. The molecule has 11 heteroatoms. The molecular formula is C18H36Cl2MnN6P2. The van der Waals surface area contributed by atoms with Crippen LogP contribution in [0.4, 0.5) is 17.8 Å². The predicted molar refractivity (Wildman–Crippen MR) is 118 cm³/mol. The Balaban J connectivity index is 0. The van der Waals surface area contributed by atoms with Gasteiger partial charge in [0.1, 0.15) is 0 Å². The van der Waals surface area contributed by atoms with Crippen molar-refractivity contribution >= 4 is 34.0 Å². The first kappa shape index (κ1) is 31.6. The average molecular weight is 524 g/mol. The monoisotopic (exact) mass is 523 g/mol. The minimum Gasteiger partial charge on any atom is -1.00 e. The Bertz CT molecular complexity index is 535. The Morgan fingerprint density at radius 1 is 0.655 bits per heavy atom. The first-order valence-corrected chi connectivity index (χ1v) is 12.8. The number of anilines is 3. The van der Waals surface area contributed by atoms with Crippen molar-refractivity contribution in [2.75, 3.05) is 15.5 Å². The molecule has 1 heterocycles. The SMILES string of the molecule is CC(C)P(Nc1nc(NC2CC2)nc(NP(C(C)C)C(C)C)n1)C(C)C.[Cl-].[Cl-].[Mn+2]. The van der Waals surface area contributed by atoms with Gasteiger partial charge in [-0.1, -0.05) is 55.4 Å². The van der Waals surface area contributed by atoms with E-state index in [0.29, 0.717) is 46.5 Å². The molecule has 169 valence electrons. The van der Waals surface area contributed by atoms with Crippen molar-refractivity contribution in [1.29, 1.82) is 0 Å². The fourth-order valence-electron chi connectivity index (χ4n) is 2.89. The van der Waals surface area contributed by atoms with Gasteiger partial charge in [0.05, 0.1) is 0 Å². The van der Waals surface area contributed by atoms with Crippen LogP contribution in [0.5, 0.6) is 0 Å². The van der Waals surface area contributed by atoms with Crippen molar-refractivity contribution in [3.8, 4) is 0 Å². The minimum absolute atomic E-state index is 0. The molecule has 1 aromatic heterocycles. The maximum Gasteiger partial charge on any atom is 2.00 e. The molecule has 1 aliphatic rings. The third-order valence-corrected chi connectivity index (χ3v) is 9.60. The van der Waals surface area contributed by atoms with Crippen LogP contribution in [0.15, 0.2) is 0 Å². The largest absolute Gasteiger partial charge is 2.00 e. The Morgan fingerprint density at radius 3 is 1.24 bits per heavy atom. The fourth-order valence-corrected chi connectivity index (χ4v) is 6.97. The van der Waals surface area contributed by atoms with Crippen molar-refractivity contribution in [2.24, 2.45) is 0 Å². The molecule has 0 atom stereocenters. The van der Waals surface area contributed by atoms with Crippen LogP contribution < -0.4 is 40.3 Å². The summed E-state index contributed by atoms with van der Waals surface area (Å²) in [5.41, 5.74) is 2.28. The summed E-state index contributed by atoms with van der Waals surface area (Å²) in [6.45, 7) is 18.1. The summed E-state index contributed by atoms with van der Waals surface area (Å²) in [6.07, 6.45) is 2.40. The normalized spacial score (nSPS) is 13.4. The molecule has 3 N–H and O–H groups in total. The van der Waals surface area contributed by atoms with E-state index in [1.165, 1.54) is 12.8 Å². The maximum absolute atomic E-state index is 4.72. The van der Waals surface area contributed by atoms with Crippen LogP contribution in [0.25, 0.3) is 0 Å². The number of halogens is 2. The van der Waals surface area contributed by atoms with Gasteiger partial charge < -0.3 is 40.3 Å². The Labute approximate surface area is 202 Å². The number of aromatic nitrogens is 3. The summed E-state index contributed by atoms with van der Waals surface area (Å²) in [4.78, 5) is 14.0. The van der Waals surface area contributed by atoms with E-state index in [1.807, 2.05) is 0 Å². The number of nitrogens with zero attached hydrogens (tertiary/aromatic N) is 3. The van der Waals surface area contributed by atoms with Crippen LogP contribution in [-0.2, 0) is 17.1 Å². The van der Waals surface area contributed by atoms with Gasteiger partial charge >= 0.3 is 17.1 Å². The van der Waals surface area contributed by atoms with E-state index in [0.717, 1.165) is 0 Å². The minimum atomic E-state index is -0.383. The molecule has 1 radical (unpaired) electrons. The Morgan fingerprint density at radius 2 is 0.966 bits per heavy atom. The summed E-state index contributed by atoms with van der Waals surface area (Å²) < 4.78 is 0. The number of hydrogen-bond donors (Lipinski definition) is 3. The van der Waals surface area contributed by atoms with Gasteiger partial charge in [-0.2, -0.15) is 15.0 Å². The average Bonchev–Trinajstić information content (AvgIpc) is 3.32. The molecule has 0 amide bonds. The van der Waals surface area contributed by atoms with E-state index in [-0.39, 0.29) is 58.0 Å². The quantitative estimate of drug-likeness (QED) is 0.289. The van der Waals surface area contributed by atoms with Crippen molar-refractivity contribution in [2.45, 2.75) is 96.9 Å². The van der Waals surface area contributed by atoms with E-state index >= 15 is 0 Å². The van der Waals surface area contributed by atoms with E-state index in [2.05, 4.69) is 80.8 Å². The smallest absolute Gasteiger partial charge is 1.00 e. The van der Waals surface area contributed by atoms with Crippen molar-refractivity contribution in [1.82, 2.24) is 15.0 Å². The zero-order chi connectivity index (χ0) is 19.4. The molecule has 0 bridgehead atoms. The van der Waals surface area contributed by atoms with E-state index in [4.69, 9.17) is 4.98 Å². The van der Waals surface area contributed by atoms with E-state index in [1.54, 1.807) is 0 Å². The molecule has 0 aromatic carbocycles. The maximum atomic E-state index is 4.72. The Hall–Kier alpha value is 0.369. The van der Waals surface area contributed by atoms with Gasteiger partial charge in [0.25, 0.3) is 0 Å². The number of nitrogens with one attached hydrogen (secondary N) is 3. The van der Waals surface area contributed by atoms with E-state index < -0.39 is 0 Å². The fraction of sp³-hybridized carbons (Fsp3) is 0.833. The number of hydrogen-bond acceptors (Lipinski definition) is 6. The van der Waals surface area contributed by atoms with Gasteiger partial charge in [-0.05, 0) is 51.6 Å². The van der Waals surface area contributed by atoms with Crippen LogP contribution >= 0.6 is 16.1 Å². The molecule has 0 unspecified atom stereocenters. The van der Waals surface area contributed by atoms with Crippen LogP contribution in [0.2, 0.25) is 0 Å². The molecule has 0 aliphatic heterocycles. The summed E-state index contributed by atoms with van der Waals surface area (Å²) >= 11 is 0. The molecule has 1 aliphatic carbocycles. The van der Waals surface area contributed by atoms with Crippen LogP contribution in [0.1, 0.15) is 68.2 Å². The van der Waals surface area contributed by atoms with Gasteiger partial charge in [0.15, 0.2) is 0 Å². The predicted octanol–water partition coefficient (Wildman–Crippen LogP) is -0.297. The second kappa shape index (κ2) is 14.4. The zero-order valence-corrected chi connectivity index (χ0v) is 23.2. The summed E-state index contributed by atoms with van der Waals surface area (Å²) in [7, 11) is -0.765. The zero-order valence-electron chi connectivity index (χ0n) is 18.7. The molecule has 0 saturated heterocycles. The second-order valence-electron chi connectivity index (χ2n) is 8.14. The molecule has 0 spiro atoms. The first-order valence-electron chi connectivity index (χ1n) is 9.80. The van der Waals surface area contributed by atoms with Crippen LogP contribution in [-0.4, -0.2) is 43.6 Å². The van der Waals surface area contributed by atoms with Gasteiger partial charge in [0, 0.05) is 6.04 Å². The summed E-state index contributed by atoms with van der Waals surface area (Å²) in [5, 5.41) is 10.7. The van der Waals surface area contributed by atoms with Gasteiger partial charge in [-0.15, -0.1) is 0 Å². The molecule has 1 saturated carbocycles. The molecule has 29 heavy (non-hydrogen) atoms. The summed E-state index contributed by atoms with van der Waals surface area (Å²) in [5.74, 6) is 2.08. The molecule has 6 nitrogen and oxygen atoms in total. The van der Waals surface area contributed by atoms with Gasteiger partial charge in [-0.25, -0.2) is 0 Å². The van der Waals surface area contributed by atoms with Crippen molar-refractivity contribution in [3.63, 3.8) is 0 Å². The van der Waals surface area contributed by atoms with Crippen molar-refractivity contribution in [3.05, 3.63) is 0 Å². The first-order chi connectivity index (χ1) is 12.2. The molecule has 2 rings (SSSR count). The third-order valence-electron chi connectivity index (χ3n) is 4.23. The van der Waals surface area contributed by atoms with Gasteiger partial charge in [0.2, 0.25) is 17.8 Å². The van der Waals surface area contributed by atoms with E-state index in [9.17, 15) is 0 Å². The standard InChI is InChI=1S/C18H36N6P2.2ClH.Mn/c1-11(2)25(12(3)4)23-17-20-16(19-15-9-10-15)21-18(22-17)24-26(13(5)6)14(7)8;;;/h11-15H,9-10H2,1-8H3,(H3,19,20,21,22,23,24);2*1H;/q;;;+2/p-2. The van der Waals surface area contributed by atoms with Crippen LogP contribution in [0.3, 0.4) is 0 Å². The number of rotatable bonds is 10. The summed E-state index contributed by atoms with van der Waals surface area (Å²) in [6, 6.07) is 0.520.